The molecule has 1 aromatic carbocycles. The first-order valence-electron chi connectivity index (χ1n) is 10.7. The molecule has 3 aromatic rings. The number of anilines is 2. The van der Waals surface area contributed by atoms with Crippen LogP contribution >= 0.6 is 23.2 Å². The third-order valence-corrected chi connectivity index (χ3v) is 6.66. The number of hydrogen-bond donors (Lipinski definition) is 2. The van der Waals surface area contributed by atoms with Crippen molar-refractivity contribution in [3.05, 3.63) is 64.2 Å². The highest BCUT2D eigenvalue weighted by Crippen LogP contribution is 2.37. The van der Waals surface area contributed by atoms with Crippen LogP contribution < -0.4 is 15.4 Å². The van der Waals surface area contributed by atoms with Crippen LogP contribution in [0.2, 0.25) is 10.0 Å². The highest BCUT2D eigenvalue weighted by Gasteiger charge is 2.21. The quantitative estimate of drug-likeness (QED) is 0.442. The summed E-state index contributed by atoms with van der Waals surface area (Å²) in [5.41, 5.74) is 8.01. The Balaban J connectivity index is 1.52. The lowest BCUT2D eigenvalue weighted by Gasteiger charge is -2.32. The third kappa shape index (κ3) is 5.16. The third-order valence-electron chi connectivity index (χ3n) is 5.95. The second-order valence-corrected chi connectivity index (χ2v) is 8.93. The SMILES string of the molecule is CC(Oc1cc(-c2ccc(N3CCC(CO)CC3)nc2)cnc1N)c1c(Cl)ccc(F)c1Cl. The van der Waals surface area contributed by atoms with E-state index in [2.05, 4.69) is 14.9 Å². The number of aliphatic hydroxyl groups is 1. The number of rotatable bonds is 6. The zero-order valence-corrected chi connectivity index (χ0v) is 19.7. The van der Waals surface area contributed by atoms with Crippen LogP contribution in [-0.2, 0) is 0 Å². The van der Waals surface area contributed by atoms with E-state index in [-0.39, 0.29) is 17.4 Å². The lowest BCUT2D eigenvalue weighted by molar-refractivity contribution is 0.203. The molecule has 1 atom stereocenters. The maximum atomic E-state index is 13.9. The lowest BCUT2D eigenvalue weighted by Crippen LogP contribution is -2.35. The molecule has 0 aliphatic carbocycles. The molecule has 1 unspecified atom stereocenters. The molecule has 1 fully saturated rings. The normalized spacial score (nSPS) is 15.5. The van der Waals surface area contributed by atoms with Crippen LogP contribution in [-0.4, -0.2) is 34.8 Å². The van der Waals surface area contributed by atoms with Gasteiger partial charge in [0.25, 0.3) is 0 Å². The Morgan fingerprint density at radius 2 is 1.88 bits per heavy atom. The number of aromatic nitrogens is 2. The van der Waals surface area contributed by atoms with Crippen LogP contribution in [0.25, 0.3) is 11.1 Å². The molecule has 33 heavy (non-hydrogen) atoms. The number of halogens is 3. The number of nitrogens with two attached hydrogens (primary N) is 1. The minimum Gasteiger partial charge on any atom is -0.482 e. The van der Waals surface area contributed by atoms with Crippen molar-refractivity contribution in [2.45, 2.75) is 25.9 Å². The van der Waals surface area contributed by atoms with Crippen molar-refractivity contribution < 1.29 is 14.2 Å². The van der Waals surface area contributed by atoms with Gasteiger partial charge in [0, 0.05) is 53.8 Å². The van der Waals surface area contributed by atoms with Crippen molar-refractivity contribution >= 4 is 34.8 Å². The monoisotopic (exact) mass is 490 g/mol. The van der Waals surface area contributed by atoms with Gasteiger partial charge >= 0.3 is 0 Å². The average Bonchev–Trinajstić information content (AvgIpc) is 2.83. The molecule has 0 amide bonds. The standard InChI is InChI=1S/C24H25Cl2FN4O2/c1-14(22-18(25)3-4-19(27)23(22)26)33-20-10-17(12-30-24(20)28)16-2-5-21(29-11-16)31-8-6-15(13-32)7-9-31/h2-5,10-12,14-15,32H,6-9,13H2,1H3,(H2,28,30). The summed E-state index contributed by atoms with van der Waals surface area (Å²) >= 11 is 12.3. The van der Waals surface area contributed by atoms with E-state index in [0.29, 0.717) is 22.3 Å². The first-order chi connectivity index (χ1) is 15.9. The Kier molecular flexibility index (Phi) is 7.22. The van der Waals surface area contributed by atoms with Gasteiger partial charge in [0.05, 0.1) is 5.02 Å². The zero-order valence-electron chi connectivity index (χ0n) is 18.1. The fourth-order valence-electron chi connectivity index (χ4n) is 3.96. The number of aliphatic hydroxyl groups excluding tert-OH is 1. The number of piperidine rings is 1. The van der Waals surface area contributed by atoms with E-state index in [0.717, 1.165) is 42.9 Å². The second-order valence-electron chi connectivity index (χ2n) is 8.14. The summed E-state index contributed by atoms with van der Waals surface area (Å²) in [6, 6.07) is 8.36. The molecule has 2 aromatic heterocycles. The molecule has 3 N–H and O–H groups in total. The van der Waals surface area contributed by atoms with Crippen molar-refractivity contribution in [1.82, 2.24) is 9.97 Å². The van der Waals surface area contributed by atoms with E-state index in [1.807, 2.05) is 12.1 Å². The van der Waals surface area contributed by atoms with Gasteiger partial charge in [-0.2, -0.15) is 0 Å². The van der Waals surface area contributed by atoms with E-state index in [1.54, 1.807) is 25.4 Å². The van der Waals surface area contributed by atoms with Crippen LogP contribution in [0.4, 0.5) is 16.0 Å². The van der Waals surface area contributed by atoms with Gasteiger partial charge in [-0.15, -0.1) is 0 Å². The molecular weight excluding hydrogens is 466 g/mol. The van der Waals surface area contributed by atoms with Gasteiger partial charge in [-0.25, -0.2) is 14.4 Å². The summed E-state index contributed by atoms with van der Waals surface area (Å²) in [5, 5.41) is 9.54. The predicted octanol–water partition coefficient (Wildman–Crippen LogP) is 5.52. The van der Waals surface area contributed by atoms with Gasteiger partial charge in [-0.3, -0.25) is 0 Å². The van der Waals surface area contributed by atoms with Crippen LogP contribution in [0.3, 0.4) is 0 Å². The molecule has 6 nitrogen and oxygen atoms in total. The van der Waals surface area contributed by atoms with E-state index < -0.39 is 11.9 Å². The molecule has 0 saturated carbocycles. The van der Waals surface area contributed by atoms with Crippen molar-refractivity contribution in [2.24, 2.45) is 5.92 Å². The van der Waals surface area contributed by atoms with Gasteiger partial charge in [0.15, 0.2) is 11.6 Å². The van der Waals surface area contributed by atoms with Gasteiger partial charge in [-0.1, -0.05) is 23.2 Å². The number of nitrogen functional groups attached to an aromatic ring is 1. The first-order valence-corrected chi connectivity index (χ1v) is 11.5. The summed E-state index contributed by atoms with van der Waals surface area (Å²) < 4.78 is 19.9. The topological polar surface area (TPSA) is 84.5 Å². The number of pyridine rings is 2. The van der Waals surface area contributed by atoms with Gasteiger partial charge in [-0.05, 0) is 56.0 Å². The van der Waals surface area contributed by atoms with Crippen molar-refractivity contribution in [3.8, 4) is 16.9 Å². The van der Waals surface area contributed by atoms with Gasteiger partial charge < -0.3 is 20.5 Å². The Morgan fingerprint density at radius 3 is 2.55 bits per heavy atom. The molecule has 4 rings (SSSR count). The smallest absolute Gasteiger partial charge is 0.166 e. The summed E-state index contributed by atoms with van der Waals surface area (Å²) in [7, 11) is 0. The zero-order chi connectivity index (χ0) is 23.5. The molecule has 3 heterocycles. The van der Waals surface area contributed by atoms with E-state index in [4.69, 9.17) is 33.7 Å². The molecular formula is C24H25Cl2FN4O2. The Hall–Kier alpha value is -2.61. The molecule has 9 heteroatoms. The Labute approximate surface area is 202 Å². The summed E-state index contributed by atoms with van der Waals surface area (Å²) in [6.45, 7) is 3.71. The summed E-state index contributed by atoms with van der Waals surface area (Å²) in [5.74, 6) is 1.24. The van der Waals surface area contributed by atoms with Crippen LogP contribution in [0.1, 0.15) is 31.4 Å². The molecule has 0 radical (unpaired) electrons. The Morgan fingerprint density at radius 1 is 1.15 bits per heavy atom. The van der Waals surface area contributed by atoms with Crippen LogP contribution in [0.15, 0.2) is 42.7 Å². The molecule has 174 valence electrons. The molecule has 1 aliphatic heterocycles. The fourth-order valence-corrected chi connectivity index (χ4v) is 4.64. The van der Waals surface area contributed by atoms with E-state index >= 15 is 0 Å². The first kappa shape index (κ1) is 23.5. The maximum absolute atomic E-state index is 13.9. The van der Waals surface area contributed by atoms with Crippen LogP contribution in [0, 0.1) is 11.7 Å². The highest BCUT2D eigenvalue weighted by atomic mass is 35.5. The molecule has 1 aliphatic rings. The van der Waals surface area contributed by atoms with E-state index in [1.165, 1.54) is 12.1 Å². The fraction of sp³-hybridized carbons (Fsp3) is 0.333. The average molecular weight is 491 g/mol. The van der Waals surface area contributed by atoms with Crippen molar-refractivity contribution in [1.29, 1.82) is 0 Å². The number of ether oxygens (including phenoxy) is 1. The molecule has 0 spiro atoms. The number of hydrogen-bond acceptors (Lipinski definition) is 6. The lowest BCUT2D eigenvalue weighted by atomic mass is 9.98. The van der Waals surface area contributed by atoms with E-state index in [9.17, 15) is 9.50 Å². The second kappa shape index (κ2) is 10.1. The van der Waals surface area contributed by atoms with Crippen molar-refractivity contribution in [3.63, 3.8) is 0 Å². The summed E-state index contributed by atoms with van der Waals surface area (Å²) in [6.07, 6.45) is 4.70. The number of benzene rings is 1. The minimum absolute atomic E-state index is 0.0829. The minimum atomic E-state index is -0.651. The molecule has 0 bridgehead atoms. The summed E-state index contributed by atoms with van der Waals surface area (Å²) in [4.78, 5) is 11.1. The van der Waals surface area contributed by atoms with Gasteiger partial charge in [0.1, 0.15) is 17.7 Å². The number of nitrogens with zero attached hydrogens (tertiary/aromatic N) is 3. The highest BCUT2D eigenvalue weighted by molar-refractivity contribution is 6.36. The Bertz CT molecular complexity index is 1120. The molecule has 1 saturated heterocycles. The van der Waals surface area contributed by atoms with Crippen LogP contribution in [0.5, 0.6) is 5.75 Å². The largest absolute Gasteiger partial charge is 0.482 e. The maximum Gasteiger partial charge on any atom is 0.166 e. The van der Waals surface area contributed by atoms with Crippen molar-refractivity contribution in [2.75, 3.05) is 30.3 Å². The predicted molar refractivity (Wildman–Crippen MR) is 129 cm³/mol. The van der Waals surface area contributed by atoms with Gasteiger partial charge in [0.2, 0.25) is 0 Å².